The predicted octanol–water partition coefficient (Wildman–Crippen LogP) is -18.0. The van der Waals surface area contributed by atoms with Crippen LogP contribution in [0.2, 0.25) is 0 Å². The van der Waals surface area contributed by atoms with Crippen LogP contribution < -0.4 is 177 Å². The van der Waals surface area contributed by atoms with Gasteiger partial charge < -0.3 is 33.0 Å². The number of hydrogen-bond acceptors (Lipinski definition) is 5. The Morgan fingerprint density at radius 1 is 0.579 bits per heavy atom. The summed E-state index contributed by atoms with van der Waals surface area (Å²) in [5, 5.41) is 0. The van der Waals surface area contributed by atoms with Gasteiger partial charge in [0.15, 0.2) is 0 Å². The van der Waals surface area contributed by atoms with E-state index in [9.17, 15) is 13.7 Å². The van der Waals surface area contributed by atoms with E-state index in [1.807, 2.05) is 0 Å². The Balaban J connectivity index is -0.0000000109. The van der Waals surface area contributed by atoms with Crippen molar-refractivity contribution in [3.8, 4) is 0 Å². The van der Waals surface area contributed by atoms with E-state index >= 15 is 0 Å². The second-order valence-electron chi connectivity index (χ2n) is 1.61. The molecule has 0 aliphatic rings. The standard InChI is InChI=1S/6Na.H5O10P3.6H/c;;;;;;1-11(2,3)9-13(7,8)10-12(4,5)6;;;;;;/h;;;;;;(H,7,8)(H2,1,2,3)(H2,4,5,6);;;;;;/q6*+1;;6*-1. The molecule has 0 fully saturated rings. The molecule has 0 saturated carbocycles. The van der Waals surface area contributed by atoms with Gasteiger partial charge in [-0.15, -0.1) is 0 Å². The zero-order chi connectivity index (χ0) is 10.9. The molecule has 92 valence electrons. The molecular weight excluding hydrogens is 391 g/mol. The normalized spacial score (nSPS) is 9.95. The summed E-state index contributed by atoms with van der Waals surface area (Å²) in [5.74, 6) is 0. The maximum absolute atomic E-state index is 10.4. The Hall–Kier alpha value is 6.41. The van der Waals surface area contributed by atoms with Crippen molar-refractivity contribution in [2.75, 3.05) is 0 Å². The molecule has 19 heteroatoms. The minimum atomic E-state index is -5.46. The van der Waals surface area contributed by atoms with Crippen LogP contribution in [-0.2, 0) is 22.3 Å². The number of rotatable bonds is 4. The fourth-order valence-electron chi connectivity index (χ4n) is 0.284. The summed E-state index contributed by atoms with van der Waals surface area (Å²) >= 11 is 0. The fraction of sp³-hybridized carbons (Fsp3) is 0. The molecule has 0 heterocycles. The maximum Gasteiger partial charge on any atom is 1.00 e. The third-order valence-corrected chi connectivity index (χ3v) is 3.77. The van der Waals surface area contributed by atoms with Crippen molar-refractivity contribution >= 4 is 23.5 Å². The Morgan fingerprint density at radius 2 is 0.737 bits per heavy atom. The van der Waals surface area contributed by atoms with E-state index in [0.29, 0.717) is 0 Å². The molecule has 0 bridgehead atoms. The monoisotopic (exact) mass is 402 g/mol. The molecule has 0 amide bonds. The van der Waals surface area contributed by atoms with Crippen molar-refractivity contribution in [1.29, 1.82) is 0 Å². The summed E-state index contributed by atoms with van der Waals surface area (Å²) in [6, 6.07) is 0. The van der Waals surface area contributed by atoms with Crippen LogP contribution in [0.1, 0.15) is 8.56 Å². The van der Waals surface area contributed by atoms with E-state index in [0.717, 1.165) is 0 Å². The van der Waals surface area contributed by atoms with Crippen LogP contribution in [0.3, 0.4) is 0 Å². The van der Waals surface area contributed by atoms with Gasteiger partial charge in [0.2, 0.25) is 0 Å². The van der Waals surface area contributed by atoms with E-state index < -0.39 is 23.5 Å². The molecule has 5 N–H and O–H groups in total. The second-order valence-corrected chi connectivity index (χ2v) is 5.82. The molecule has 0 aromatic heterocycles. The molecule has 0 atom stereocenters. The third-order valence-electron chi connectivity index (χ3n) is 0.419. The summed E-state index contributed by atoms with van der Waals surface area (Å²) in [7, 11) is -16.2. The van der Waals surface area contributed by atoms with Gasteiger partial charge in [0.05, 0.1) is 0 Å². The van der Waals surface area contributed by atoms with Crippen LogP contribution in [0.25, 0.3) is 0 Å². The largest absolute Gasteiger partial charge is 1.00 e. The molecule has 0 saturated heterocycles. The first kappa shape index (κ1) is 44.7. The Bertz CT molecular complexity index is 309. The van der Waals surface area contributed by atoms with Gasteiger partial charge in [-0.1, -0.05) is 0 Å². The summed E-state index contributed by atoms with van der Waals surface area (Å²) in [6.07, 6.45) is 0. The first-order chi connectivity index (χ1) is 5.41. The first-order valence-corrected chi connectivity index (χ1v) is 6.83. The minimum absolute atomic E-state index is 0. The van der Waals surface area contributed by atoms with Crippen molar-refractivity contribution in [2.24, 2.45) is 0 Å². The molecule has 0 aliphatic carbocycles. The van der Waals surface area contributed by atoms with Gasteiger partial charge in [-0.05, 0) is 0 Å². The average Bonchev–Trinajstić information content (AvgIpc) is 1.43. The van der Waals surface area contributed by atoms with Crippen molar-refractivity contribution in [3.05, 3.63) is 0 Å². The van der Waals surface area contributed by atoms with Crippen LogP contribution >= 0.6 is 23.5 Å². The molecule has 0 spiro atoms. The fourth-order valence-corrected chi connectivity index (χ4v) is 2.82. The Kier molecular flexibility index (Phi) is 45.1. The minimum Gasteiger partial charge on any atom is -1.00 e. The van der Waals surface area contributed by atoms with E-state index in [4.69, 9.17) is 24.5 Å². The quantitative estimate of drug-likeness (QED) is 0.225. The van der Waals surface area contributed by atoms with Gasteiger partial charge in [0, 0.05) is 0 Å². The SMILES string of the molecule is O=P(O)(O)OP(=O)(O)OP(=O)(O)O.[H-].[H-].[H-].[H-].[H-].[H-].[Na+].[Na+].[Na+].[Na+].[Na+].[Na+]. The summed E-state index contributed by atoms with van der Waals surface area (Å²) in [5.41, 5.74) is 0. The predicted molar refractivity (Wildman–Crippen MR) is 42.8 cm³/mol. The van der Waals surface area contributed by atoms with Crippen LogP contribution in [0, 0.1) is 0 Å². The molecular formula is H11Na6O10P3. The molecule has 10 nitrogen and oxygen atoms in total. The Morgan fingerprint density at radius 3 is 0.842 bits per heavy atom. The zero-order valence-electron chi connectivity index (χ0n) is 17.6. The molecule has 0 unspecified atom stereocenters. The van der Waals surface area contributed by atoms with E-state index in [1.54, 1.807) is 0 Å². The van der Waals surface area contributed by atoms with Gasteiger partial charge in [0.25, 0.3) is 0 Å². The topological polar surface area (TPSA) is 171 Å². The van der Waals surface area contributed by atoms with Crippen molar-refractivity contribution in [3.63, 3.8) is 0 Å². The van der Waals surface area contributed by atoms with E-state index in [2.05, 4.69) is 8.62 Å². The van der Waals surface area contributed by atoms with Gasteiger partial charge >= 0.3 is 201 Å². The van der Waals surface area contributed by atoms with Crippen molar-refractivity contribution in [2.45, 2.75) is 0 Å². The van der Waals surface area contributed by atoms with Crippen molar-refractivity contribution in [1.82, 2.24) is 0 Å². The number of hydrogen-bond donors (Lipinski definition) is 5. The van der Waals surface area contributed by atoms with E-state index in [1.165, 1.54) is 0 Å². The second kappa shape index (κ2) is 19.2. The summed E-state index contributed by atoms with van der Waals surface area (Å²) in [6.45, 7) is 0. The molecule has 0 aromatic rings. The Labute approximate surface area is 251 Å². The van der Waals surface area contributed by atoms with Gasteiger partial charge in [-0.2, -0.15) is 8.62 Å². The van der Waals surface area contributed by atoms with Gasteiger partial charge in [-0.3, -0.25) is 0 Å². The average molecular weight is 402 g/mol. The van der Waals surface area contributed by atoms with Crippen LogP contribution in [0.5, 0.6) is 0 Å². The first-order valence-electron chi connectivity index (χ1n) is 2.28. The molecule has 0 rings (SSSR count). The maximum atomic E-state index is 10.4. The van der Waals surface area contributed by atoms with Crippen LogP contribution in [0.4, 0.5) is 0 Å². The number of phosphoric acid groups is 3. The van der Waals surface area contributed by atoms with Gasteiger partial charge in [0.1, 0.15) is 0 Å². The third kappa shape index (κ3) is 36.2. The molecule has 0 radical (unpaired) electrons. The summed E-state index contributed by atoms with van der Waals surface area (Å²) in [4.78, 5) is 40.2. The smallest absolute Gasteiger partial charge is 1.00 e. The molecule has 19 heavy (non-hydrogen) atoms. The van der Waals surface area contributed by atoms with E-state index in [-0.39, 0.29) is 186 Å². The van der Waals surface area contributed by atoms with Crippen LogP contribution in [-0.4, -0.2) is 24.5 Å². The van der Waals surface area contributed by atoms with Gasteiger partial charge in [-0.25, -0.2) is 13.7 Å². The molecule has 0 aromatic carbocycles. The van der Waals surface area contributed by atoms with Crippen LogP contribution in [0.15, 0.2) is 0 Å². The van der Waals surface area contributed by atoms with Crippen molar-refractivity contribution < 1.29 is 233 Å². The zero-order valence-corrected chi connectivity index (χ0v) is 26.3. The summed E-state index contributed by atoms with van der Waals surface area (Å²) < 4.78 is 36.4. The molecule has 0 aliphatic heterocycles.